The molecule has 1 aliphatic rings. The first-order chi connectivity index (χ1) is 20.5. The number of para-hydroxylation sites is 1. The van der Waals surface area contributed by atoms with Crippen LogP contribution in [0, 0.1) is 13.8 Å². The van der Waals surface area contributed by atoms with E-state index in [1.807, 2.05) is 78.3 Å². The molecule has 1 atom stereocenters. The minimum Gasteiger partial charge on any atom is -0.350 e. The van der Waals surface area contributed by atoms with E-state index in [0.717, 1.165) is 44.8 Å². The maximum Gasteiger partial charge on any atom is 0.240 e. The highest BCUT2D eigenvalue weighted by Crippen LogP contribution is 2.48. The van der Waals surface area contributed by atoms with Crippen LogP contribution < -0.4 is 10.2 Å². The summed E-state index contributed by atoms with van der Waals surface area (Å²) in [6.07, 6.45) is 3.42. The Hall–Kier alpha value is -4.69. The van der Waals surface area contributed by atoms with E-state index in [4.69, 9.17) is 5.10 Å². The van der Waals surface area contributed by atoms with Gasteiger partial charge in [0.1, 0.15) is 12.4 Å². The molecule has 1 aliphatic heterocycles. The first-order valence-electron chi connectivity index (χ1n) is 13.9. The van der Waals surface area contributed by atoms with Crippen LogP contribution in [-0.2, 0) is 16.1 Å². The van der Waals surface area contributed by atoms with Crippen molar-refractivity contribution in [2.45, 2.75) is 25.6 Å². The van der Waals surface area contributed by atoms with Crippen LogP contribution >= 0.6 is 11.8 Å². The number of carbonyl (C=O) groups excluding carboxylic acids is 2. The molecule has 2 amide bonds. The molecule has 0 bridgehead atoms. The molecule has 42 heavy (non-hydrogen) atoms. The monoisotopic (exact) mass is 573 g/mol. The summed E-state index contributed by atoms with van der Waals surface area (Å²) < 4.78 is 1.86. The predicted octanol–water partition coefficient (Wildman–Crippen LogP) is 6.04. The molecule has 0 radical (unpaired) electrons. The molecule has 8 heteroatoms. The van der Waals surface area contributed by atoms with Crippen LogP contribution in [0.2, 0.25) is 0 Å². The highest BCUT2D eigenvalue weighted by Gasteiger charge is 2.37. The SMILES string of the molecule is Cc1cccc([C@@H]2SCC(=O)N(CC(=O)NCc3cccnc3)c3c2c(-c2ccccc2)nn3-c2ccccc2C)c1. The number of hydrogen-bond donors (Lipinski definition) is 1. The van der Waals surface area contributed by atoms with Crippen molar-refractivity contribution in [3.8, 4) is 16.9 Å². The number of amides is 2. The van der Waals surface area contributed by atoms with Gasteiger partial charge < -0.3 is 5.32 Å². The summed E-state index contributed by atoms with van der Waals surface area (Å²) >= 11 is 1.57. The van der Waals surface area contributed by atoms with Gasteiger partial charge >= 0.3 is 0 Å². The average molecular weight is 574 g/mol. The predicted molar refractivity (Wildman–Crippen MR) is 168 cm³/mol. The largest absolute Gasteiger partial charge is 0.350 e. The van der Waals surface area contributed by atoms with Gasteiger partial charge in [-0.05, 0) is 42.7 Å². The second kappa shape index (κ2) is 12.0. The first kappa shape index (κ1) is 27.5. The molecule has 1 N–H and O–H groups in total. The molecule has 0 saturated heterocycles. The summed E-state index contributed by atoms with van der Waals surface area (Å²) in [5.74, 6) is 0.463. The number of benzene rings is 3. The van der Waals surface area contributed by atoms with Crippen LogP contribution in [0.15, 0.2) is 103 Å². The van der Waals surface area contributed by atoms with E-state index in [2.05, 4.69) is 41.5 Å². The van der Waals surface area contributed by atoms with Crippen molar-refractivity contribution in [1.29, 1.82) is 0 Å². The van der Waals surface area contributed by atoms with E-state index >= 15 is 0 Å². The second-order valence-electron chi connectivity index (χ2n) is 10.4. The van der Waals surface area contributed by atoms with Gasteiger partial charge in [0.2, 0.25) is 11.8 Å². The number of anilines is 1. The van der Waals surface area contributed by atoms with Gasteiger partial charge in [-0.1, -0.05) is 84.4 Å². The number of carbonyl (C=O) groups is 2. The van der Waals surface area contributed by atoms with Crippen molar-refractivity contribution >= 4 is 29.4 Å². The molecule has 0 spiro atoms. The third kappa shape index (κ3) is 5.58. The van der Waals surface area contributed by atoms with Crippen LogP contribution in [0.4, 0.5) is 5.82 Å². The van der Waals surface area contributed by atoms with Gasteiger partial charge in [-0.3, -0.25) is 19.5 Å². The summed E-state index contributed by atoms with van der Waals surface area (Å²) in [5, 5.41) is 7.99. The van der Waals surface area contributed by atoms with Crippen molar-refractivity contribution in [2.75, 3.05) is 17.2 Å². The van der Waals surface area contributed by atoms with E-state index in [-0.39, 0.29) is 29.4 Å². The third-order valence-corrected chi connectivity index (χ3v) is 8.59. The Morgan fingerprint density at radius 2 is 1.79 bits per heavy atom. The Morgan fingerprint density at radius 3 is 2.55 bits per heavy atom. The van der Waals surface area contributed by atoms with Crippen molar-refractivity contribution in [2.24, 2.45) is 0 Å². The summed E-state index contributed by atoms with van der Waals surface area (Å²) in [4.78, 5) is 33.0. The van der Waals surface area contributed by atoms with Gasteiger partial charge in [-0.15, -0.1) is 11.8 Å². The van der Waals surface area contributed by atoms with Crippen molar-refractivity contribution in [3.05, 3.63) is 131 Å². The van der Waals surface area contributed by atoms with Crippen LogP contribution in [0.25, 0.3) is 16.9 Å². The van der Waals surface area contributed by atoms with Gasteiger partial charge in [-0.25, -0.2) is 4.68 Å². The quantitative estimate of drug-likeness (QED) is 0.257. The van der Waals surface area contributed by atoms with Crippen LogP contribution in [0.1, 0.15) is 33.1 Å². The summed E-state index contributed by atoms with van der Waals surface area (Å²) in [6.45, 7) is 4.31. The summed E-state index contributed by atoms with van der Waals surface area (Å²) in [6, 6.07) is 30.2. The molecular formula is C34H31N5O2S. The fourth-order valence-electron chi connectivity index (χ4n) is 5.30. The minimum atomic E-state index is -0.254. The Labute approximate surface area is 249 Å². The number of aromatic nitrogens is 3. The molecule has 2 aromatic heterocycles. The van der Waals surface area contributed by atoms with Crippen LogP contribution in [0.3, 0.4) is 0 Å². The van der Waals surface area contributed by atoms with E-state index < -0.39 is 0 Å². The number of nitrogens with one attached hydrogen (secondary N) is 1. The number of thioether (sulfide) groups is 1. The molecule has 3 heterocycles. The van der Waals surface area contributed by atoms with E-state index in [1.165, 1.54) is 0 Å². The van der Waals surface area contributed by atoms with Crippen molar-refractivity contribution < 1.29 is 9.59 Å². The Bertz CT molecular complexity index is 1740. The zero-order chi connectivity index (χ0) is 29.1. The molecule has 5 aromatic rings. The molecule has 0 aliphatic carbocycles. The first-order valence-corrected chi connectivity index (χ1v) is 14.9. The molecule has 7 nitrogen and oxygen atoms in total. The molecule has 0 unspecified atom stereocenters. The molecule has 6 rings (SSSR count). The average Bonchev–Trinajstić information content (AvgIpc) is 3.33. The number of nitrogens with zero attached hydrogens (tertiary/aromatic N) is 4. The van der Waals surface area contributed by atoms with Gasteiger partial charge in [-0.2, -0.15) is 5.10 Å². The van der Waals surface area contributed by atoms with Crippen molar-refractivity contribution in [3.63, 3.8) is 0 Å². The standard InChI is InChI=1S/C34H31N5O2S/c1-23-10-8-15-27(18-23)33-31-32(26-13-4-3-5-14-26)37-39(28-16-7-6-11-24(28)2)34(31)38(30(41)22-42-33)21-29(40)36-20-25-12-9-17-35-19-25/h3-19,33H,20-22H2,1-2H3,(H,36,40)/t33-/m0/s1. The van der Waals surface area contributed by atoms with Crippen LogP contribution in [0.5, 0.6) is 0 Å². The Kier molecular flexibility index (Phi) is 7.88. The molecule has 0 saturated carbocycles. The normalized spacial score (nSPS) is 14.8. The lowest BCUT2D eigenvalue weighted by Gasteiger charge is -2.24. The van der Waals surface area contributed by atoms with Crippen molar-refractivity contribution in [1.82, 2.24) is 20.1 Å². The number of fused-ring (bicyclic) bond motifs is 1. The van der Waals surface area contributed by atoms with E-state index in [0.29, 0.717) is 12.4 Å². The molecule has 210 valence electrons. The van der Waals surface area contributed by atoms with E-state index in [9.17, 15) is 9.59 Å². The second-order valence-corrected chi connectivity index (χ2v) is 11.5. The highest BCUT2D eigenvalue weighted by molar-refractivity contribution is 8.00. The van der Waals surface area contributed by atoms with Gasteiger partial charge in [0, 0.05) is 30.1 Å². The van der Waals surface area contributed by atoms with Crippen LogP contribution in [-0.4, -0.2) is 38.9 Å². The summed E-state index contributed by atoms with van der Waals surface area (Å²) in [7, 11) is 0. The fourth-order valence-corrected chi connectivity index (χ4v) is 6.48. The fraction of sp³-hybridized carbons (Fsp3) is 0.176. The Balaban J connectivity index is 1.53. The maximum atomic E-state index is 13.9. The Morgan fingerprint density at radius 1 is 0.976 bits per heavy atom. The molecule has 0 fully saturated rings. The highest BCUT2D eigenvalue weighted by atomic mass is 32.2. The zero-order valence-corrected chi connectivity index (χ0v) is 24.3. The summed E-state index contributed by atoms with van der Waals surface area (Å²) in [5.41, 5.74) is 7.67. The topological polar surface area (TPSA) is 80.1 Å². The number of aryl methyl sites for hydroxylation is 2. The van der Waals surface area contributed by atoms with Gasteiger partial charge in [0.05, 0.1) is 22.4 Å². The maximum absolute atomic E-state index is 13.9. The lowest BCUT2D eigenvalue weighted by Crippen LogP contribution is -2.42. The number of hydrogen-bond acceptors (Lipinski definition) is 5. The zero-order valence-electron chi connectivity index (χ0n) is 23.5. The van der Waals surface area contributed by atoms with E-state index in [1.54, 1.807) is 29.1 Å². The number of rotatable bonds is 7. The lowest BCUT2D eigenvalue weighted by atomic mass is 9.98. The lowest BCUT2D eigenvalue weighted by molar-refractivity contribution is -0.123. The number of pyridine rings is 1. The van der Waals surface area contributed by atoms with Gasteiger partial charge in [0.15, 0.2) is 0 Å². The van der Waals surface area contributed by atoms with Gasteiger partial charge in [0.25, 0.3) is 0 Å². The molecule has 3 aromatic carbocycles. The molecular weight excluding hydrogens is 542 g/mol. The third-order valence-electron chi connectivity index (χ3n) is 7.34. The smallest absolute Gasteiger partial charge is 0.240 e. The minimum absolute atomic E-state index is 0.126.